The third kappa shape index (κ3) is 1.27. The van der Waals surface area contributed by atoms with Crippen molar-refractivity contribution in [3.05, 3.63) is 36.0 Å². The number of pyridine rings is 1. The molecule has 2 aromatic rings. The number of ether oxygens (including phenoxy) is 1. The molecule has 1 heterocycles. The minimum absolute atomic E-state index is 0.563. The Morgan fingerprint density at radius 2 is 2.29 bits per heavy atom. The van der Waals surface area contributed by atoms with E-state index >= 15 is 0 Å². The molecule has 0 radical (unpaired) electrons. The molecule has 0 N–H and O–H groups in total. The van der Waals surface area contributed by atoms with E-state index in [0.717, 1.165) is 10.8 Å². The fraction of sp³-hybridized carbons (Fsp3) is 0.0909. The normalized spacial score (nSPS) is 9.71. The van der Waals surface area contributed by atoms with Crippen LogP contribution in [-0.4, -0.2) is 12.1 Å². The van der Waals surface area contributed by atoms with Crippen LogP contribution in [0.1, 0.15) is 5.56 Å². The number of nitrogens with zero attached hydrogens (tertiary/aromatic N) is 2. The van der Waals surface area contributed by atoms with Crippen molar-refractivity contribution in [2.24, 2.45) is 0 Å². The molecular formula is C11H8N2O. The summed E-state index contributed by atoms with van der Waals surface area (Å²) in [6.07, 6.45) is 1.66. The van der Waals surface area contributed by atoms with Gasteiger partial charge in [0, 0.05) is 17.6 Å². The molecule has 0 aliphatic carbocycles. The Morgan fingerprint density at radius 3 is 3.00 bits per heavy atom. The highest BCUT2D eigenvalue weighted by Gasteiger charge is 2.01. The van der Waals surface area contributed by atoms with E-state index in [1.807, 2.05) is 18.2 Å². The highest BCUT2D eigenvalue weighted by Crippen LogP contribution is 2.20. The number of rotatable bonds is 1. The molecular weight excluding hydrogens is 176 g/mol. The molecule has 2 rings (SSSR count). The molecule has 1 aromatic heterocycles. The van der Waals surface area contributed by atoms with Crippen molar-refractivity contribution in [1.29, 1.82) is 5.26 Å². The lowest BCUT2D eigenvalue weighted by atomic mass is 10.1. The van der Waals surface area contributed by atoms with E-state index in [2.05, 4.69) is 11.1 Å². The number of fused-ring (bicyclic) bond motifs is 1. The van der Waals surface area contributed by atoms with Gasteiger partial charge in [0.15, 0.2) is 0 Å². The van der Waals surface area contributed by atoms with Gasteiger partial charge in [-0.05, 0) is 11.5 Å². The van der Waals surface area contributed by atoms with Crippen LogP contribution in [0.25, 0.3) is 10.8 Å². The van der Waals surface area contributed by atoms with E-state index in [1.54, 1.807) is 19.4 Å². The zero-order valence-electron chi connectivity index (χ0n) is 7.69. The molecule has 0 saturated heterocycles. The molecule has 0 aliphatic heterocycles. The molecule has 0 bridgehead atoms. The number of hydrogen-bond donors (Lipinski definition) is 0. The van der Waals surface area contributed by atoms with Crippen molar-refractivity contribution in [3.8, 4) is 11.9 Å². The lowest BCUT2D eigenvalue weighted by Crippen LogP contribution is -1.88. The van der Waals surface area contributed by atoms with Crippen LogP contribution < -0.4 is 4.74 Å². The van der Waals surface area contributed by atoms with E-state index in [4.69, 9.17) is 10.00 Å². The van der Waals surface area contributed by atoms with Crippen molar-refractivity contribution in [3.63, 3.8) is 0 Å². The predicted octanol–water partition coefficient (Wildman–Crippen LogP) is 2.12. The van der Waals surface area contributed by atoms with Crippen molar-refractivity contribution >= 4 is 10.8 Å². The zero-order valence-corrected chi connectivity index (χ0v) is 7.69. The van der Waals surface area contributed by atoms with Gasteiger partial charge in [-0.2, -0.15) is 5.26 Å². The lowest BCUT2D eigenvalue weighted by molar-refractivity contribution is 0.399. The molecule has 0 unspecified atom stereocenters. The second-order valence-corrected chi connectivity index (χ2v) is 2.87. The van der Waals surface area contributed by atoms with Crippen LogP contribution in [-0.2, 0) is 0 Å². The Labute approximate surface area is 81.6 Å². The minimum atomic E-state index is 0.563. The molecule has 14 heavy (non-hydrogen) atoms. The topological polar surface area (TPSA) is 45.9 Å². The van der Waals surface area contributed by atoms with Crippen LogP contribution >= 0.6 is 0 Å². The van der Waals surface area contributed by atoms with Crippen molar-refractivity contribution in [2.75, 3.05) is 7.11 Å². The van der Waals surface area contributed by atoms with Gasteiger partial charge < -0.3 is 4.74 Å². The largest absolute Gasteiger partial charge is 0.481 e. The maximum Gasteiger partial charge on any atom is 0.213 e. The van der Waals surface area contributed by atoms with E-state index in [0.29, 0.717) is 11.4 Å². The molecule has 0 fully saturated rings. The number of hydrogen-bond acceptors (Lipinski definition) is 3. The van der Waals surface area contributed by atoms with Gasteiger partial charge in [-0.3, -0.25) is 0 Å². The number of aromatic nitrogens is 1. The van der Waals surface area contributed by atoms with Gasteiger partial charge in [0.1, 0.15) is 0 Å². The van der Waals surface area contributed by atoms with Gasteiger partial charge in [0.25, 0.3) is 0 Å². The summed E-state index contributed by atoms with van der Waals surface area (Å²) in [5, 5.41) is 10.7. The first-order valence-electron chi connectivity index (χ1n) is 4.18. The number of nitriles is 1. The third-order valence-electron chi connectivity index (χ3n) is 2.07. The maximum atomic E-state index is 8.85. The Hall–Kier alpha value is -2.08. The van der Waals surface area contributed by atoms with Crippen LogP contribution in [0, 0.1) is 11.3 Å². The summed E-state index contributed by atoms with van der Waals surface area (Å²) >= 11 is 0. The summed E-state index contributed by atoms with van der Waals surface area (Å²) < 4.78 is 5.00. The second-order valence-electron chi connectivity index (χ2n) is 2.87. The Bertz CT molecular complexity index is 514. The molecule has 0 aliphatic rings. The Morgan fingerprint density at radius 1 is 1.43 bits per heavy atom. The van der Waals surface area contributed by atoms with Crippen molar-refractivity contribution < 1.29 is 4.74 Å². The van der Waals surface area contributed by atoms with Crippen LogP contribution in [0.2, 0.25) is 0 Å². The Balaban J connectivity index is 2.75. The maximum absolute atomic E-state index is 8.85. The Kier molecular flexibility index (Phi) is 2.04. The molecule has 68 valence electrons. The average Bonchev–Trinajstić information content (AvgIpc) is 2.27. The molecule has 3 heteroatoms. The number of benzene rings is 1. The number of methoxy groups -OCH3 is 1. The summed E-state index contributed by atoms with van der Waals surface area (Å²) in [7, 11) is 1.57. The van der Waals surface area contributed by atoms with E-state index < -0.39 is 0 Å². The van der Waals surface area contributed by atoms with Crippen LogP contribution in [0.15, 0.2) is 30.5 Å². The predicted molar refractivity (Wildman–Crippen MR) is 53.0 cm³/mol. The monoisotopic (exact) mass is 184 g/mol. The van der Waals surface area contributed by atoms with Gasteiger partial charge in [-0.1, -0.05) is 12.1 Å². The van der Waals surface area contributed by atoms with Gasteiger partial charge >= 0.3 is 0 Å². The molecule has 3 nitrogen and oxygen atoms in total. The van der Waals surface area contributed by atoms with E-state index in [9.17, 15) is 0 Å². The fourth-order valence-corrected chi connectivity index (χ4v) is 1.36. The highest BCUT2D eigenvalue weighted by molar-refractivity contribution is 5.87. The first-order chi connectivity index (χ1) is 6.85. The smallest absolute Gasteiger partial charge is 0.213 e. The summed E-state index contributed by atoms with van der Waals surface area (Å²) in [6.45, 7) is 0. The molecule has 0 atom stereocenters. The van der Waals surface area contributed by atoms with Crippen molar-refractivity contribution in [1.82, 2.24) is 4.98 Å². The zero-order chi connectivity index (χ0) is 9.97. The quantitative estimate of drug-likeness (QED) is 0.681. The van der Waals surface area contributed by atoms with E-state index in [1.165, 1.54) is 0 Å². The minimum Gasteiger partial charge on any atom is -0.481 e. The second kappa shape index (κ2) is 3.35. The van der Waals surface area contributed by atoms with Crippen molar-refractivity contribution in [2.45, 2.75) is 0 Å². The molecule has 1 aromatic carbocycles. The van der Waals surface area contributed by atoms with Gasteiger partial charge in [-0.15, -0.1) is 0 Å². The van der Waals surface area contributed by atoms with Gasteiger partial charge in [0.2, 0.25) is 5.88 Å². The summed E-state index contributed by atoms with van der Waals surface area (Å²) in [4.78, 5) is 4.06. The first-order valence-corrected chi connectivity index (χ1v) is 4.18. The standard InChI is InChI=1S/C11H8N2O/c1-14-11-5-8-3-2-4-9(6-12)10(8)7-13-11/h2-5,7H,1H3. The van der Waals surface area contributed by atoms with Crippen LogP contribution in [0.5, 0.6) is 5.88 Å². The lowest BCUT2D eigenvalue weighted by Gasteiger charge is -2.01. The average molecular weight is 184 g/mol. The SMILES string of the molecule is COc1cc2cccc(C#N)c2cn1. The summed E-state index contributed by atoms with van der Waals surface area (Å²) in [6, 6.07) is 9.50. The third-order valence-corrected chi connectivity index (χ3v) is 2.07. The van der Waals surface area contributed by atoms with Crippen LogP contribution in [0.3, 0.4) is 0 Å². The van der Waals surface area contributed by atoms with Gasteiger partial charge in [-0.25, -0.2) is 4.98 Å². The fourth-order valence-electron chi connectivity index (χ4n) is 1.36. The van der Waals surface area contributed by atoms with Gasteiger partial charge in [0.05, 0.1) is 18.7 Å². The summed E-state index contributed by atoms with van der Waals surface area (Å²) in [5.41, 5.74) is 0.637. The molecule has 0 amide bonds. The van der Waals surface area contributed by atoms with E-state index in [-0.39, 0.29) is 0 Å². The summed E-state index contributed by atoms with van der Waals surface area (Å²) in [5.74, 6) is 0.563. The highest BCUT2D eigenvalue weighted by atomic mass is 16.5. The molecule has 0 saturated carbocycles. The first kappa shape index (κ1) is 8.52. The molecule has 0 spiro atoms. The van der Waals surface area contributed by atoms with Crippen LogP contribution in [0.4, 0.5) is 0 Å².